The topological polar surface area (TPSA) is 111 Å². The first-order valence-corrected chi connectivity index (χ1v) is 11.5. The number of aryl methyl sites for hydroxylation is 1. The maximum absolute atomic E-state index is 15.0. The molecular weight excluding hydrogens is 467 g/mol. The second-order valence-electron chi connectivity index (χ2n) is 8.72. The van der Waals surface area contributed by atoms with Gasteiger partial charge in [-0.3, -0.25) is 20.0 Å². The number of aromatic nitrogens is 3. The summed E-state index contributed by atoms with van der Waals surface area (Å²) in [5, 5.41) is 10.6. The minimum atomic E-state index is -0.571. The summed E-state index contributed by atoms with van der Waals surface area (Å²) in [5.41, 5.74) is 7.01. The highest BCUT2D eigenvalue weighted by molar-refractivity contribution is 5.90. The molecule has 5 rings (SSSR count). The molecule has 3 aromatic rings. The Morgan fingerprint density at radius 1 is 1.22 bits per heavy atom. The molecule has 10 nitrogen and oxygen atoms in total. The molecule has 11 heteroatoms. The van der Waals surface area contributed by atoms with E-state index in [1.54, 1.807) is 16.8 Å². The predicted molar refractivity (Wildman–Crippen MR) is 129 cm³/mol. The van der Waals surface area contributed by atoms with E-state index in [0.717, 1.165) is 17.0 Å². The number of cyclic esters (lactones) is 1. The Hall–Kier alpha value is -4.25. The highest BCUT2D eigenvalue weighted by Crippen LogP contribution is 2.30. The van der Waals surface area contributed by atoms with Crippen molar-refractivity contribution in [3.63, 3.8) is 0 Å². The average molecular weight is 493 g/mol. The summed E-state index contributed by atoms with van der Waals surface area (Å²) < 4.78 is 22.0. The third-order valence-corrected chi connectivity index (χ3v) is 5.92. The number of carbonyl (C=O) groups is 2. The second kappa shape index (κ2) is 9.78. The number of nitrogens with zero attached hydrogens (tertiary/aromatic N) is 4. The van der Waals surface area contributed by atoms with Crippen molar-refractivity contribution in [2.45, 2.75) is 32.6 Å². The van der Waals surface area contributed by atoms with Crippen LogP contribution in [0.2, 0.25) is 0 Å². The fraction of sp³-hybridized carbons (Fsp3) is 0.280. The van der Waals surface area contributed by atoms with Crippen LogP contribution in [-0.2, 0) is 20.9 Å². The van der Waals surface area contributed by atoms with Crippen molar-refractivity contribution in [1.82, 2.24) is 25.8 Å². The van der Waals surface area contributed by atoms with Gasteiger partial charge < -0.3 is 10.1 Å². The van der Waals surface area contributed by atoms with Gasteiger partial charge in [0.05, 0.1) is 36.7 Å². The van der Waals surface area contributed by atoms with Crippen molar-refractivity contribution in [1.29, 1.82) is 0 Å². The Morgan fingerprint density at radius 3 is 2.69 bits per heavy atom. The molecule has 1 unspecified atom stereocenters. The third kappa shape index (κ3) is 5.05. The number of hydroxylamine groups is 1. The third-order valence-electron chi connectivity index (χ3n) is 5.92. The lowest BCUT2D eigenvalue weighted by atomic mass is 10.0. The molecule has 0 saturated carbocycles. The van der Waals surface area contributed by atoms with Gasteiger partial charge in [-0.05, 0) is 42.3 Å². The highest BCUT2D eigenvalue weighted by Gasteiger charge is 2.32. The van der Waals surface area contributed by atoms with Crippen LogP contribution in [0, 0.1) is 12.7 Å². The number of rotatable bonds is 7. The molecule has 2 aliphatic rings. The maximum atomic E-state index is 15.0. The summed E-state index contributed by atoms with van der Waals surface area (Å²) in [6.07, 6.45) is 2.56. The quantitative estimate of drug-likeness (QED) is 0.522. The van der Waals surface area contributed by atoms with E-state index in [2.05, 4.69) is 21.1 Å². The largest absolute Gasteiger partial charge is 0.442 e. The number of hydrogen-bond donors (Lipinski definition) is 2. The molecule has 36 heavy (non-hydrogen) atoms. The van der Waals surface area contributed by atoms with Crippen molar-refractivity contribution >= 4 is 23.4 Å². The molecule has 2 aliphatic heterocycles. The zero-order valence-corrected chi connectivity index (χ0v) is 19.8. The van der Waals surface area contributed by atoms with Crippen LogP contribution in [-0.4, -0.2) is 52.3 Å². The highest BCUT2D eigenvalue weighted by atomic mass is 19.1. The molecule has 0 aliphatic carbocycles. The Kier molecular flexibility index (Phi) is 6.38. The Balaban J connectivity index is 1.25. The van der Waals surface area contributed by atoms with Crippen LogP contribution in [0.5, 0.6) is 0 Å². The van der Waals surface area contributed by atoms with Crippen LogP contribution in [0.15, 0.2) is 54.7 Å². The van der Waals surface area contributed by atoms with Gasteiger partial charge in [0, 0.05) is 18.7 Å². The van der Waals surface area contributed by atoms with Gasteiger partial charge in [0.15, 0.2) is 0 Å². The first kappa shape index (κ1) is 23.5. The zero-order valence-electron chi connectivity index (χ0n) is 19.8. The van der Waals surface area contributed by atoms with Gasteiger partial charge in [0.2, 0.25) is 5.91 Å². The molecule has 2 amide bonds. The first-order valence-electron chi connectivity index (χ1n) is 11.5. The Morgan fingerprint density at radius 2 is 2.00 bits per heavy atom. The fourth-order valence-corrected chi connectivity index (χ4v) is 4.14. The van der Waals surface area contributed by atoms with E-state index < -0.39 is 18.0 Å². The molecule has 1 aromatic heterocycles. The summed E-state index contributed by atoms with van der Waals surface area (Å²) in [4.78, 5) is 30.3. The van der Waals surface area contributed by atoms with Crippen molar-refractivity contribution in [3.05, 3.63) is 71.8 Å². The number of benzene rings is 2. The SMILES string of the molecule is CC(=O)NC[C@H]1CN(c2ccc(-c3ccc(C4=CC(Cn5cc(C)nn5)ON4)cc3)c(F)c2)C(=O)O1. The Labute approximate surface area is 206 Å². The molecule has 2 atom stereocenters. The van der Waals surface area contributed by atoms with Crippen molar-refractivity contribution in [2.75, 3.05) is 18.0 Å². The second-order valence-corrected chi connectivity index (χ2v) is 8.72. The van der Waals surface area contributed by atoms with Gasteiger partial charge in [-0.1, -0.05) is 29.5 Å². The molecule has 3 heterocycles. The number of halogens is 1. The van der Waals surface area contributed by atoms with E-state index in [9.17, 15) is 9.59 Å². The summed E-state index contributed by atoms with van der Waals surface area (Å²) in [5.74, 6) is -0.664. The summed E-state index contributed by atoms with van der Waals surface area (Å²) in [6.45, 7) is 4.24. The van der Waals surface area contributed by atoms with Crippen LogP contribution >= 0.6 is 0 Å². The molecule has 1 fully saturated rings. The molecule has 2 aromatic carbocycles. The summed E-state index contributed by atoms with van der Waals surface area (Å²) in [7, 11) is 0. The number of carbonyl (C=O) groups excluding carboxylic acids is 2. The summed E-state index contributed by atoms with van der Waals surface area (Å²) in [6, 6.07) is 12.1. The van der Waals surface area contributed by atoms with Crippen molar-refractivity contribution < 1.29 is 23.6 Å². The van der Waals surface area contributed by atoms with Crippen LogP contribution in [0.3, 0.4) is 0 Å². The van der Waals surface area contributed by atoms with Gasteiger partial charge in [-0.15, -0.1) is 5.10 Å². The van der Waals surface area contributed by atoms with Gasteiger partial charge in [-0.25, -0.2) is 13.9 Å². The Bertz CT molecular complexity index is 1320. The number of amides is 2. The minimum absolute atomic E-state index is 0.194. The number of nitrogens with one attached hydrogen (secondary N) is 2. The van der Waals surface area contributed by atoms with E-state index in [0.29, 0.717) is 23.4 Å². The average Bonchev–Trinajstić information content (AvgIpc) is 3.58. The number of ether oxygens (including phenoxy) is 1. The smallest absolute Gasteiger partial charge is 0.414 e. The standard InChI is InChI=1S/C25H25FN6O4/c1-15-12-31(30-28-15)13-20-10-24(29-36-20)18-5-3-17(4-6-18)22-8-7-19(9-23(22)26)32-14-21(35-25(32)34)11-27-16(2)33/h3-10,12,20-21,29H,11,13-14H2,1-2H3,(H,27,33)/t20?,21-/m0/s1. The molecule has 186 valence electrons. The summed E-state index contributed by atoms with van der Waals surface area (Å²) >= 11 is 0. The van der Waals surface area contributed by atoms with E-state index in [1.807, 2.05) is 43.5 Å². The lowest BCUT2D eigenvalue weighted by Crippen LogP contribution is -2.33. The normalized spacial score (nSPS) is 19.1. The van der Waals surface area contributed by atoms with E-state index in [1.165, 1.54) is 17.9 Å². The number of hydrogen-bond acceptors (Lipinski definition) is 7. The predicted octanol–water partition coefficient (Wildman–Crippen LogP) is 2.80. The van der Waals surface area contributed by atoms with E-state index in [4.69, 9.17) is 9.57 Å². The molecule has 2 N–H and O–H groups in total. The van der Waals surface area contributed by atoms with Gasteiger partial charge in [-0.2, -0.15) is 0 Å². The first-order chi connectivity index (χ1) is 17.4. The minimum Gasteiger partial charge on any atom is -0.442 e. The van der Waals surface area contributed by atoms with Gasteiger partial charge in [0.25, 0.3) is 0 Å². The lowest BCUT2D eigenvalue weighted by Gasteiger charge is -2.15. The van der Waals surface area contributed by atoms with Crippen LogP contribution in [0.1, 0.15) is 18.2 Å². The molecule has 0 spiro atoms. The monoisotopic (exact) mass is 492 g/mol. The van der Waals surface area contributed by atoms with E-state index in [-0.39, 0.29) is 25.1 Å². The zero-order chi connectivity index (χ0) is 25.2. The van der Waals surface area contributed by atoms with Crippen molar-refractivity contribution in [2.24, 2.45) is 0 Å². The van der Waals surface area contributed by atoms with Gasteiger partial charge >= 0.3 is 6.09 Å². The number of anilines is 1. The van der Waals surface area contributed by atoms with Crippen LogP contribution in [0.25, 0.3) is 16.8 Å². The molecule has 0 bridgehead atoms. The van der Waals surface area contributed by atoms with E-state index >= 15 is 4.39 Å². The fourth-order valence-electron chi connectivity index (χ4n) is 4.14. The molecular formula is C25H25FN6O4. The van der Waals surface area contributed by atoms with Crippen LogP contribution in [0.4, 0.5) is 14.9 Å². The van der Waals surface area contributed by atoms with Crippen LogP contribution < -0.4 is 15.7 Å². The van der Waals surface area contributed by atoms with Crippen molar-refractivity contribution in [3.8, 4) is 11.1 Å². The lowest BCUT2D eigenvalue weighted by molar-refractivity contribution is -0.119. The molecule has 1 saturated heterocycles. The van der Waals surface area contributed by atoms with Gasteiger partial charge in [0.1, 0.15) is 18.0 Å². The molecule has 0 radical (unpaired) electrons. The maximum Gasteiger partial charge on any atom is 0.414 e.